The van der Waals surface area contributed by atoms with Crippen LogP contribution in [0.5, 0.6) is 0 Å². The van der Waals surface area contributed by atoms with Crippen LogP contribution in [0.15, 0.2) is 0 Å². The van der Waals surface area contributed by atoms with Gasteiger partial charge in [0.1, 0.15) is 0 Å². The van der Waals surface area contributed by atoms with E-state index >= 15 is 0 Å². The Morgan fingerprint density at radius 1 is 0.765 bits per heavy atom. The SMILES string of the molecule is CCOC(C)(C)CC(C1OCC(C(C)(C)OCC)C1C(C)(C)OCC(C)(C)O)C(C)(C)OCC. The van der Waals surface area contributed by atoms with Crippen LogP contribution in [0.3, 0.4) is 0 Å². The molecule has 0 aromatic carbocycles. The largest absolute Gasteiger partial charge is 0.388 e. The average Bonchev–Trinajstić information content (AvgIpc) is 3.10. The average molecular weight is 489 g/mol. The van der Waals surface area contributed by atoms with E-state index in [4.69, 9.17) is 23.7 Å². The Labute approximate surface area is 210 Å². The maximum absolute atomic E-state index is 10.4. The van der Waals surface area contributed by atoms with E-state index in [1.54, 1.807) is 13.8 Å². The Balaban J connectivity index is 3.53. The van der Waals surface area contributed by atoms with Crippen molar-refractivity contribution in [2.75, 3.05) is 33.0 Å². The van der Waals surface area contributed by atoms with Crippen LogP contribution in [-0.2, 0) is 23.7 Å². The standard InChI is InChI=1S/C28H56O6/c1-14-31-25(6,7)17-20(26(8,9)32-15-2)23-22(28(12,13)34-19-24(4,5)29)21(18-30-23)27(10,11)33-16-3/h20-23,29H,14-19H2,1-13H3. The van der Waals surface area contributed by atoms with E-state index in [-0.39, 0.29) is 41.7 Å². The van der Waals surface area contributed by atoms with Gasteiger partial charge in [-0.05, 0) is 96.4 Å². The fourth-order valence-corrected chi connectivity index (χ4v) is 5.68. The molecule has 0 aromatic heterocycles. The van der Waals surface area contributed by atoms with Crippen molar-refractivity contribution in [1.29, 1.82) is 0 Å². The molecule has 34 heavy (non-hydrogen) atoms. The minimum Gasteiger partial charge on any atom is -0.388 e. The highest BCUT2D eigenvalue weighted by Gasteiger charge is 2.57. The van der Waals surface area contributed by atoms with Crippen LogP contribution in [0.25, 0.3) is 0 Å². The Bertz CT molecular complexity index is 605. The Hall–Kier alpha value is -0.240. The molecule has 1 heterocycles. The maximum atomic E-state index is 10.4. The van der Waals surface area contributed by atoms with Gasteiger partial charge in [-0.25, -0.2) is 0 Å². The van der Waals surface area contributed by atoms with Gasteiger partial charge < -0.3 is 28.8 Å². The third kappa shape index (κ3) is 8.70. The van der Waals surface area contributed by atoms with E-state index in [2.05, 4.69) is 55.4 Å². The van der Waals surface area contributed by atoms with E-state index in [1.807, 2.05) is 20.8 Å². The van der Waals surface area contributed by atoms with Gasteiger partial charge in [0.2, 0.25) is 0 Å². The third-order valence-electron chi connectivity index (χ3n) is 7.32. The van der Waals surface area contributed by atoms with Gasteiger partial charge in [-0.2, -0.15) is 0 Å². The summed E-state index contributed by atoms with van der Waals surface area (Å²) in [7, 11) is 0. The summed E-state index contributed by atoms with van der Waals surface area (Å²) in [6, 6.07) is 0. The molecule has 0 bridgehead atoms. The van der Waals surface area contributed by atoms with E-state index in [0.29, 0.717) is 26.4 Å². The smallest absolute Gasteiger partial charge is 0.0824 e. The minimum atomic E-state index is -0.919. The first-order valence-electron chi connectivity index (χ1n) is 13.2. The quantitative estimate of drug-likeness (QED) is 0.322. The fraction of sp³-hybridized carbons (Fsp3) is 1.00. The lowest BCUT2D eigenvalue weighted by atomic mass is 9.65. The number of aliphatic hydroxyl groups is 1. The van der Waals surface area contributed by atoms with E-state index in [0.717, 1.165) is 6.42 Å². The van der Waals surface area contributed by atoms with Gasteiger partial charge in [-0.15, -0.1) is 0 Å². The molecular weight excluding hydrogens is 432 g/mol. The Morgan fingerprint density at radius 2 is 1.29 bits per heavy atom. The van der Waals surface area contributed by atoms with Crippen LogP contribution in [-0.4, -0.2) is 72.3 Å². The molecule has 6 heteroatoms. The van der Waals surface area contributed by atoms with Crippen molar-refractivity contribution in [2.24, 2.45) is 17.8 Å². The molecule has 0 amide bonds. The Kier molecular flexibility index (Phi) is 11.1. The molecule has 1 aliphatic rings. The number of hydrogen-bond donors (Lipinski definition) is 1. The second-order valence-electron chi connectivity index (χ2n) is 12.7. The number of ether oxygens (including phenoxy) is 5. The first-order valence-corrected chi connectivity index (χ1v) is 13.2. The molecule has 1 saturated heterocycles. The van der Waals surface area contributed by atoms with Crippen LogP contribution in [0, 0.1) is 17.8 Å². The zero-order chi connectivity index (χ0) is 26.6. The highest BCUT2D eigenvalue weighted by Crippen LogP contribution is 2.50. The lowest BCUT2D eigenvalue weighted by molar-refractivity contribution is -0.178. The summed E-state index contributed by atoms with van der Waals surface area (Å²) in [5.41, 5.74) is -2.62. The zero-order valence-corrected chi connectivity index (χ0v) is 24.5. The van der Waals surface area contributed by atoms with Crippen LogP contribution < -0.4 is 0 Å². The summed E-state index contributed by atoms with van der Waals surface area (Å²) in [4.78, 5) is 0. The van der Waals surface area contributed by atoms with Crippen LogP contribution in [0.2, 0.25) is 0 Å². The van der Waals surface area contributed by atoms with E-state index < -0.39 is 16.8 Å². The van der Waals surface area contributed by atoms with Crippen molar-refractivity contribution in [2.45, 2.75) is 131 Å². The first-order chi connectivity index (χ1) is 15.3. The monoisotopic (exact) mass is 488 g/mol. The molecule has 1 aliphatic heterocycles. The molecule has 6 nitrogen and oxygen atoms in total. The topological polar surface area (TPSA) is 66.4 Å². The van der Waals surface area contributed by atoms with Crippen molar-refractivity contribution in [1.82, 2.24) is 0 Å². The van der Waals surface area contributed by atoms with Gasteiger partial charge in [0.25, 0.3) is 0 Å². The van der Waals surface area contributed by atoms with Gasteiger partial charge in [0.05, 0.1) is 47.3 Å². The van der Waals surface area contributed by atoms with Crippen LogP contribution >= 0.6 is 0 Å². The molecular formula is C28H56O6. The molecule has 4 atom stereocenters. The molecule has 0 aromatic rings. The van der Waals surface area contributed by atoms with Crippen molar-refractivity contribution in [3.63, 3.8) is 0 Å². The molecule has 0 spiro atoms. The summed E-state index contributed by atoms with van der Waals surface area (Å²) >= 11 is 0. The van der Waals surface area contributed by atoms with E-state index in [9.17, 15) is 5.11 Å². The lowest BCUT2D eigenvalue weighted by Crippen LogP contribution is -2.55. The second-order valence-corrected chi connectivity index (χ2v) is 12.7. The lowest BCUT2D eigenvalue weighted by Gasteiger charge is -2.48. The summed E-state index contributed by atoms with van der Waals surface area (Å²) < 4.78 is 31.9. The summed E-state index contributed by atoms with van der Waals surface area (Å²) in [6.45, 7) is 29.6. The summed E-state index contributed by atoms with van der Waals surface area (Å²) in [5, 5.41) is 10.4. The van der Waals surface area contributed by atoms with E-state index in [1.165, 1.54) is 0 Å². The molecule has 0 aliphatic carbocycles. The fourth-order valence-electron chi connectivity index (χ4n) is 5.68. The van der Waals surface area contributed by atoms with Gasteiger partial charge in [0, 0.05) is 37.6 Å². The molecule has 0 saturated carbocycles. The summed E-state index contributed by atoms with van der Waals surface area (Å²) in [5.74, 6) is 0.203. The van der Waals surface area contributed by atoms with Crippen molar-refractivity contribution in [3.8, 4) is 0 Å². The van der Waals surface area contributed by atoms with Gasteiger partial charge >= 0.3 is 0 Å². The first kappa shape index (κ1) is 31.8. The molecule has 204 valence electrons. The van der Waals surface area contributed by atoms with Crippen molar-refractivity contribution >= 4 is 0 Å². The maximum Gasteiger partial charge on any atom is 0.0824 e. The van der Waals surface area contributed by atoms with Crippen LogP contribution in [0.4, 0.5) is 0 Å². The second kappa shape index (κ2) is 11.9. The highest BCUT2D eigenvalue weighted by atomic mass is 16.5. The highest BCUT2D eigenvalue weighted by molar-refractivity contribution is 5.05. The van der Waals surface area contributed by atoms with Gasteiger partial charge in [-0.3, -0.25) is 0 Å². The predicted octanol–water partition coefficient (Wildman–Crippen LogP) is 5.64. The van der Waals surface area contributed by atoms with Crippen LogP contribution in [0.1, 0.15) is 96.4 Å². The van der Waals surface area contributed by atoms with Gasteiger partial charge in [0.15, 0.2) is 0 Å². The summed E-state index contributed by atoms with van der Waals surface area (Å²) in [6.07, 6.45) is 0.668. The zero-order valence-electron chi connectivity index (χ0n) is 24.5. The van der Waals surface area contributed by atoms with Crippen molar-refractivity contribution in [3.05, 3.63) is 0 Å². The minimum absolute atomic E-state index is 0.0264. The molecule has 1 N–H and O–H groups in total. The van der Waals surface area contributed by atoms with Crippen molar-refractivity contribution < 1.29 is 28.8 Å². The molecule has 1 fully saturated rings. The molecule has 0 radical (unpaired) electrons. The third-order valence-corrected chi connectivity index (χ3v) is 7.32. The normalized spacial score (nSPS) is 24.0. The number of hydrogen-bond acceptors (Lipinski definition) is 6. The Morgan fingerprint density at radius 3 is 1.76 bits per heavy atom. The molecule has 1 rings (SSSR count). The van der Waals surface area contributed by atoms with Gasteiger partial charge in [-0.1, -0.05) is 0 Å². The molecule has 4 unspecified atom stereocenters. The predicted molar refractivity (Wildman–Crippen MR) is 138 cm³/mol. The number of rotatable bonds is 15.